The molecule has 4 aromatic rings. The molecule has 33 heavy (non-hydrogen) atoms. The highest BCUT2D eigenvalue weighted by Crippen LogP contribution is 2.49. The number of aliphatic carboxylic acids is 1. The number of fused-ring (bicyclic) bond motifs is 1. The minimum absolute atomic E-state index is 0.328. The number of aromatic amines is 1. The number of hydrogen-bond acceptors (Lipinski definition) is 2. The molecule has 4 nitrogen and oxygen atoms in total. The third kappa shape index (κ3) is 4.45. The van der Waals surface area contributed by atoms with Crippen molar-refractivity contribution >= 4 is 45.7 Å². The second-order valence-corrected chi connectivity index (χ2v) is 8.56. The summed E-state index contributed by atoms with van der Waals surface area (Å²) in [7, 11) is 0. The lowest BCUT2D eigenvalue weighted by molar-refractivity contribution is -0.131. The van der Waals surface area contributed by atoms with Crippen LogP contribution in [0.25, 0.3) is 28.1 Å². The Labute approximate surface area is 195 Å². The van der Waals surface area contributed by atoms with Crippen molar-refractivity contribution in [2.75, 3.05) is 0 Å². The highest BCUT2D eigenvalue weighted by molar-refractivity contribution is 6.32. The molecular formula is C27H20ClFN2O2. The molecule has 1 saturated carbocycles. The van der Waals surface area contributed by atoms with Crippen LogP contribution in [0.4, 0.5) is 4.39 Å². The average Bonchev–Trinajstić information content (AvgIpc) is 3.53. The minimum atomic E-state index is -0.991. The molecule has 1 heterocycles. The normalized spacial score (nSPS) is 14.6. The summed E-state index contributed by atoms with van der Waals surface area (Å²) < 4.78 is 13.8. The number of nitrogens with one attached hydrogen (secondary N) is 1. The molecule has 0 unspecified atom stereocenters. The summed E-state index contributed by atoms with van der Waals surface area (Å²) in [6, 6.07) is 18.4. The number of allylic oxidation sites excluding steroid dienone is 1. The average molecular weight is 459 g/mol. The van der Waals surface area contributed by atoms with Gasteiger partial charge in [-0.05, 0) is 82.5 Å². The van der Waals surface area contributed by atoms with Crippen LogP contribution in [0.1, 0.15) is 35.1 Å². The van der Waals surface area contributed by atoms with Crippen molar-refractivity contribution < 1.29 is 14.3 Å². The van der Waals surface area contributed by atoms with Crippen LogP contribution in [0.2, 0.25) is 5.02 Å². The van der Waals surface area contributed by atoms with Crippen LogP contribution >= 0.6 is 11.6 Å². The predicted octanol–water partition coefficient (Wildman–Crippen LogP) is 6.82. The molecule has 1 aliphatic carbocycles. The van der Waals surface area contributed by atoms with E-state index in [9.17, 15) is 9.18 Å². The molecule has 0 spiro atoms. The van der Waals surface area contributed by atoms with Gasteiger partial charge in [0.1, 0.15) is 5.82 Å². The van der Waals surface area contributed by atoms with Crippen molar-refractivity contribution in [3.05, 3.63) is 106 Å². The first-order valence-electron chi connectivity index (χ1n) is 10.6. The lowest BCUT2D eigenvalue weighted by Gasteiger charge is -2.18. The number of benzene rings is 3. The van der Waals surface area contributed by atoms with Gasteiger partial charge in [-0.25, -0.2) is 9.18 Å². The van der Waals surface area contributed by atoms with Gasteiger partial charge < -0.3 is 5.11 Å². The first kappa shape index (κ1) is 21.2. The van der Waals surface area contributed by atoms with E-state index in [0.717, 1.165) is 63.2 Å². The van der Waals surface area contributed by atoms with Crippen molar-refractivity contribution in [2.24, 2.45) is 5.92 Å². The predicted molar refractivity (Wildman–Crippen MR) is 129 cm³/mol. The van der Waals surface area contributed by atoms with Crippen molar-refractivity contribution in [3.63, 3.8) is 0 Å². The van der Waals surface area contributed by atoms with Crippen molar-refractivity contribution in [3.8, 4) is 0 Å². The molecule has 1 fully saturated rings. The molecule has 0 amide bonds. The maximum Gasteiger partial charge on any atom is 0.328 e. The summed E-state index contributed by atoms with van der Waals surface area (Å²) in [5, 5.41) is 17.4. The molecule has 1 aromatic heterocycles. The van der Waals surface area contributed by atoms with Crippen LogP contribution in [-0.4, -0.2) is 21.3 Å². The van der Waals surface area contributed by atoms with Gasteiger partial charge in [-0.2, -0.15) is 5.10 Å². The third-order valence-electron chi connectivity index (χ3n) is 5.82. The Balaban J connectivity index is 1.73. The van der Waals surface area contributed by atoms with E-state index in [1.807, 2.05) is 36.4 Å². The van der Waals surface area contributed by atoms with Gasteiger partial charge in [0.2, 0.25) is 0 Å². The van der Waals surface area contributed by atoms with Crippen LogP contribution in [-0.2, 0) is 4.79 Å². The van der Waals surface area contributed by atoms with E-state index >= 15 is 0 Å². The Hall–Kier alpha value is -3.70. The second kappa shape index (κ2) is 8.68. The molecule has 164 valence electrons. The van der Waals surface area contributed by atoms with Crippen LogP contribution in [0, 0.1) is 11.7 Å². The van der Waals surface area contributed by atoms with E-state index in [-0.39, 0.29) is 5.82 Å². The number of carboxylic acid groups (broad SMARTS) is 1. The lowest BCUT2D eigenvalue weighted by atomic mass is 9.86. The van der Waals surface area contributed by atoms with Gasteiger partial charge in [-0.15, -0.1) is 0 Å². The van der Waals surface area contributed by atoms with Gasteiger partial charge in [-0.1, -0.05) is 48.0 Å². The topological polar surface area (TPSA) is 66.0 Å². The van der Waals surface area contributed by atoms with Crippen molar-refractivity contribution in [1.82, 2.24) is 10.2 Å². The first-order valence-corrected chi connectivity index (χ1v) is 11.0. The van der Waals surface area contributed by atoms with E-state index in [2.05, 4.69) is 16.3 Å². The van der Waals surface area contributed by atoms with Gasteiger partial charge in [0.25, 0.3) is 0 Å². The van der Waals surface area contributed by atoms with Crippen molar-refractivity contribution in [1.29, 1.82) is 0 Å². The van der Waals surface area contributed by atoms with Gasteiger partial charge in [0.05, 0.1) is 16.7 Å². The van der Waals surface area contributed by atoms with Crippen LogP contribution in [0.3, 0.4) is 0 Å². The van der Waals surface area contributed by atoms with Crippen LogP contribution in [0.5, 0.6) is 0 Å². The number of rotatable bonds is 6. The minimum Gasteiger partial charge on any atom is -0.478 e. The maximum atomic E-state index is 13.8. The van der Waals surface area contributed by atoms with E-state index in [1.165, 1.54) is 12.1 Å². The Morgan fingerprint density at radius 1 is 1.06 bits per heavy atom. The van der Waals surface area contributed by atoms with E-state index in [0.29, 0.717) is 10.9 Å². The molecule has 1 aliphatic rings. The van der Waals surface area contributed by atoms with Crippen molar-refractivity contribution in [2.45, 2.75) is 12.8 Å². The van der Waals surface area contributed by atoms with Gasteiger partial charge in [-0.3, -0.25) is 5.10 Å². The fourth-order valence-corrected chi connectivity index (χ4v) is 4.41. The lowest BCUT2D eigenvalue weighted by Crippen LogP contribution is -1.99. The fourth-order valence-electron chi connectivity index (χ4n) is 4.14. The summed E-state index contributed by atoms with van der Waals surface area (Å²) in [6.07, 6.45) is 6.55. The summed E-state index contributed by atoms with van der Waals surface area (Å²) >= 11 is 6.53. The monoisotopic (exact) mass is 458 g/mol. The van der Waals surface area contributed by atoms with E-state index in [4.69, 9.17) is 16.7 Å². The molecule has 2 N–H and O–H groups in total. The van der Waals surface area contributed by atoms with Gasteiger partial charge >= 0.3 is 5.97 Å². The number of aromatic nitrogens is 2. The van der Waals surface area contributed by atoms with Gasteiger partial charge in [0.15, 0.2) is 0 Å². The molecule has 6 heteroatoms. The smallest absolute Gasteiger partial charge is 0.328 e. The van der Waals surface area contributed by atoms with Gasteiger partial charge in [0, 0.05) is 11.5 Å². The number of halogens is 2. The number of hydrogen-bond donors (Lipinski definition) is 2. The van der Waals surface area contributed by atoms with E-state index in [1.54, 1.807) is 18.3 Å². The standard InChI is InChI=1S/C27H20ClFN2O2/c28-23-14-21(29)9-10-22(23)27(18-6-7-18)26(19-8-11-24-20(13-19)15-30-31-24)17-4-1-16(2-5-17)3-12-25(32)33/h1-5,8-15,18H,6-7H2,(H,30,31)(H,32,33)/b12-3+,27-26+. The van der Waals surface area contributed by atoms with Crippen LogP contribution in [0.15, 0.2) is 72.9 Å². The number of H-pyrrole nitrogens is 1. The maximum absolute atomic E-state index is 13.8. The highest BCUT2D eigenvalue weighted by atomic mass is 35.5. The Kier molecular flexibility index (Phi) is 5.56. The summed E-state index contributed by atoms with van der Waals surface area (Å²) in [5.74, 6) is -1.03. The second-order valence-electron chi connectivity index (χ2n) is 8.15. The Morgan fingerprint density at radius 3 is 2.52 bits per heavy atom. The molecule has 0 atom stereocenters. The largest absolute Gasteiger partial charge is 0.478 e. The number of nitrogens with zero attached hydrogens (tertiary/aromatic N) is 1. The summed E-state index contributed by atoms with van der Waals surface area (Å²) in [4.78, 5) is 10.9. The zero-order chi connectivity index (χ0) is 22.9. The quantitative estimate of drug-likeness (QED) is 0.246. The third-order valence-corrected chi connectivity index (χ3v) is 6.14. The molecule has 0 bridgehead atoms. The summed E-state index contributed by atoms with van der Waals surface area (Å²) in [5.41, 5.74) is 6.68. The molecule has 0 radical (unpaired) electrons. The number of carbonyl (C=O) groups is 1. The Morgan fingerprint density at radius 2 is 1.82 bits per heavy atom. The SMILES string of the molecule is O=C(O)/C=C/c1ccc(/C(=C(\c2ccc(F)cc2Cl)C2CC2)c2ccc3[nH]ncc3c2)cc1. The van der Waals surface area contributed by atoms with E-state index < -0.39 is 5.97 Å². The first-order chi connectivity index (χ1) is 16.0. The molecule has 0 aliphatic heterocycles. The molecule has 5 rings (SSSR count). The van der Waals surface area contributed by atoms with Crippen LogP contribution < -0.4 is 0 Å². The fraction of sp³-hybridized carbons (Fsp3) is 0.111. The zero-order valence-corrected chi connectivity index (χ0v) is 18.3. The molecule has 0 saturated heterocycles. The number of carboxylic acids is 1. The zero-order valence-electron chi connectivity index (χ0n) is 17.6. The summed E-state index contributed by atoms with van der Waals surface area (Å²) in [6.45, 7) is 0. The molecule has 3 aromatic carbocycles. The molecular weight excluding hydrogens is 439 g/mol. The highest BCUT2D eigenvalue weighted by Gasteiger charge is 2.31. The Bertz CT molecular complexity index is 1420.